The third-order valence-electron chi connectivity index (χ3n) is 6.07. The molecule has 0 unspecified atom stereocenters. The van der Waals surface area contributed by atoms with Crippen molar-refractivity contribution in [2.45, 2.75) is 19.5 Å². The number of hydrogen-bond donors (Lipinski definition) is 0. The van der Waals surface area contributed by atoms with E-state index in [0.717, 1.165) is 17.7 Å². The van der Waals surface area contributed by atoms with Crippen molar-refractivity contribution in [3.8, 4) is 11.4 Å². The van der Waals surface area contributed by atoms with Gasteiger partial charge in [-0.2, -0.15) is 18.3 Å². The highest BCUT2D eigenvalue weighted by Crippen LogP contribution is 2.30. The molecular weight excluding hydrogens is 461 g/mol. The van der Waals surface area contributed by atoms with Gasteiger partial charge >= 0.3 is 6.18 Å². The molecule has 2 aromatic carbocycles. The van der Waals surface area contributed by atoms with Gasteiger partial charge in [0, 0.05) is 26.2 Å². The summed E-state index contributed by atoms with van der Waals surface area (Å²) in [6.45, 7) is 3.16. The standard InChI is InChI=1S/C25H25F3N4O3/c1-17-22(16-29-32(17)20-7-4-6-19(15-20)25(26,27)28)24(34)31-11-9-30(10-12-31)23(33)14-18-5-3-8-21(13-18)35-2/h3-8,13,15-16H,9-12,14H2,1-2H3. The number of carbonyl (C=O) groups excluding carboxylic acids is 2. The molecule has 1 fully saturated rings. The number of piperazine rings is 1. The number of rotatable bonds is 5. The topological polar surface area (TPSA) is 67.7 Å². The number of benzene rings is 2. The second kappa shape index (κ2) is 9.81. The van der Waals surface area contributed by atoms with E-state index in [4.69, 9.17) is 4.74 Å². The smallest absolute Gasteiger partial charge is 0.416 e. The molecule has 2 heterocycles. The summed E-state index contributed by atoms with van der Waals surface area (Å²) >= 11 is 0. The number of alkyl halides is 3. The van der Waals surface area contributed by atoms with E-state index in [9.17, 15) is 22.8 Å². The number of aromatic nitrogens is 2. The molecule has 1 saturated heterocycles. The molecule has 3 aromatic rings. The third kappa shape index (κ3) is 5.31. The van der Waals surface area contributed by atoms with Crippen molar-refractivity contribution in [1.82, 2.24) is 19.6 Å². The van der Waals surface area contributed by atoms with Crippen LogP contribution in [0.4, 0.5) is 13.2 Å². The van der Waals surface area contributed by atoms with E-state index in [1.165, 1.54) is 23.0 Å². The zero-order chi connectivity index (χ0) is 25.2. The van der Waals surface area contributed by atoms with Crippen molar-refractivity contribution in [2.24, 2.45) is 0 Å². The fraction of sp³-hybridized carbons (Fsp3) is 0.320. The molecule has 0 bridgehead atoms. The van der Waals surface area contributed by atoms with Crippen LogP contribution in [0.3, 0.4) is 0 Å². The lowest BCUT2D eigenvalue weighted by Crippen LogP contribution is -2.51. The number of carbonyl (C=O) groups is 2. The minimum atomic E-state index is -4.47. The van der Waals surface area contributed by atoms with E-state index in [0.29, 0.717) is 43.2 Å². The maximum Gasteiger partial charge on any atom is 0.416 e. The summed E-state index contributed by atoms with van der Waals surface area (Å²) in [5.74, 6) is 0.395. The Hall–Kier alpha value is -3.82. The molecule has 184 valence electrons. The number of nitrogens with zero attached hydrogens (tertiary/aromatic N) is 4. The Balaban J connectivity index is 1.40. The first-order valence-corrected chi connectivity index (χ1v) is 11.1. The highest BCUT2D eigenvalue weighted by molar-refractivity contribution is 5.95. The Labute approximate surface area is 200 Å². The molecule has 7 nitrogen and oxygen atoms in total. The van der Waals surface area contributed by atoms with Crippen LogP contribution < -0.4 is 4.74 Å². The number of hydrogen-bond acceptors (Lipinski definition) is 4. The second-order valence-electron chi connectivity index (χ2n) is 8.30. The monoisotopic (exact) mass is 486 g/mol. The Morgan fingerprint density at radius 2 is 1.69 bits per heavy atom. The molecule has 10 heteroatoms. The fourth-order valence-corrected chi connectivity index (χ4v) is 4.09. The lowest BCUT2D eigenvalue weighted by Gasteiger charge is -2.34. The number of amides is 2. The van der Waals surface area contributed by atoms with Gasteiger partial charge in [-0.1, -0.05) is 18.2 Å². The summed E-state index contributed by atoms with van der Waals surface area (Å²) in [6, 6.07) is 12.1. The van der Waals surface area contributed by atoms with Gasteiger partial charge in [-0.05, 0) is 42.8 Å². The van der Waals surface area contributed by atoms with Gasteiger partial charge in [-0.3, -0.25) is 9.59 Å². The molecule has 1 aromatic heterocycles. The van der Waals surface area contributed by atoms with Crippen molar-refractivity contribution >= 4 is 11.8 Å². The van der Waals surface area contributed by atoms with Gasteiger partial charge in [0.1, 0.15) is 5.75 Å². The molecule has 0 saturated carbocycles. The zero-order valence-corrected chi connectivity index (χ0v) is 19.4. The maximum absolute atomic E-state index is 13.1. The summed E-state index contributed by atoms with van der Waals surface area (Å²) < 4.78 is 45.8. The molecule has 0 aliphatic carbocycles. The second-order valence-corrected chi connectivity index (χ2v) is 8.30. The number of methoxy groups -OCH3 is 1. The van der Waals surface area contributed by atoms with Crippen LogP contribution in [0.25, 0.3) is 5.69 Å². The lowest BCUT2D eigenvalue weighted by atomic mass is 10.1. The first-order chi connectivity index (χ1) is 16.7. The van der Waals surface area contributed by atoms with E-state index in [2.05, 4.69) is 5.10 Å². The van der Waals surface area contributed by atoms with Crippen LogP contribution in [0.15, 0.2) is 54.7 Å². The first-order valence-electron chi connectivity index (χ1n) is 11.1. The van der Waals surface area contributed by atoms with Gasteiger partial charge in [0.25, 0.3) is 5.91 Å². The van der Waals surface area contributed by atoms with Crippen LogP contribution in [0.2, 0.25) is 0 Å². The molecule has 1 aliphatic heterocycles. The van der Waals surface area contributed by atoms with Crippen molar-refractivity contribution < 1.29 is 27.5 Å². The maximum atomic E-state index is 13.1. The van der Waals surface area contributed by atoms with E-state index < -0.39 is 11.7 Å². The normalized spacial score (nSPS) is 14.2. The van der Waals surface area contributed by atoms with Crippen LogP contribution in [-0.4, -0.2) is 64.7 Å². The molecule has 1 aliphatic rings. The van der Waals surface area contributed by atoms with E-state index >= 15 is 0 Å². The summed E-state index contributed by atoms with van der Waals surface area (Å²) in [5, 5.41) is 4.16. The van der Waals surface area contributed by atoms with E-state index in [1.54, 1.807) is 23.8 Å². The summed E-state index contributed by atoms with van der Waals surface area (Å²) in [5.41, 5.74) is 1.06. The predicted molar refractivity (Wildman–Crippen MR) is 122 cm³/mol. The zero-order valence-electron chi connectivity index (χ0n) is 19.4. The van der Waals surface area contributed by atoms with Gasteiger partial charge in [0.15, 0.2) is 0 Å². The van der Waals surface area contributed by atoms with Gasteiger partial charge in [-0.25, -0.2) is 4.68 Å². The van der Waals surface area contributed by atoms with Gasteiger partial charge in [0.2, 0.25) is 5.91 Å². The average molecular weight is 486 g/mol. The fourth-order valence-electron chi connectivity index (χ4n) is 4.09. The largest absolute Gasteiger partial charge is 0.497 e. The third-order valence-corrected chi connectivity index (χ3v) is 6.07. The highest BCUT2D eigenvalue weighted by Gasteiger charge is 2.31. The highest BCUT2D eigenvalue weighted by atomic mass is 19.4. The van der Waals surface area contributed by atoms with Gasteiger partial charge in [-0.15, -0.1) is 0 Å². The molecule has 35 heavy (non-hydrogen) atoms. The average Bonchev–Trinajstić information content (AvgIpc) is 3.24. The minimum Gasteiger partial charge on any atom is -0.497 e. The van der Waals surface area contributed by atoms with Crippen LogP contribution in [0.5, 0.6) is 5.75 Å². The summed E-state index contributed by atoms with van der Waals surface area (Å²) in [6.07, 6.45) is -2.86. The molecular formula is C25H25F3N4O3. The Morgan fingerprint density at radius 1 is 1.00 bits per heavy atom. The molecule has 0 atom stereocenters. The van der Waals surface area contributed by atoms with Crippen molar-refractivity contribution in [1.29, 1.82) is 0 Å². The lowest BCUT2D eigenvalue weighted by molar-refractivity contribution is -0.137. The van der Waals surface area contributed by atoms with Crippen molar-refractivity contribution in [2.75, 3.05) is 33.3 Å². The Morgan fingerprint density at radius 3 is 2.37 bits per heavy atom. The van der Waals surface area contributed by atoms with Crippen LogP contribution in [-0.2, 0) is 17.4 Å². The molecule has 0 spiro atoms. The van der Waals surface area contributed by atoms with Crippen molar-refractivity contribution in [3.63, 3.8) is 0 Å². The van der Waals surface area contributed by atoms with Crippen LogP contribution in [0.1, 0.15) is 27.2 Å². The van der Waals surface area contributed by atoms with E-state index in [-0.39, 0.29) is 23.9 Å². The number of ether oxygens (including phenoxy) is 1. The summed E-state index contributed by atoms with van der Waals surface area (Å²) in [7, 11) is 1.57. The Bertz CT molecular complexity index is 1230. The quantitative estimate of drug-likeness (QED) is 0.551. The first kappa shape index (κ1) is 24.3. The van der Waals surface area contributed by atoms with Gasteiger partial charge in [0.05, 0.1) is 42.2 Å². The van der Waals surface area contributed by atoms with Crippen molar-refractivity contribution in [3.05, 3.63) is 77.1 Å². The van der Waals surface area contributed by atoms with Gasteiger partial charge < -0.3 is 14.5 Å². The SMILES string of the molecule is COc1cccc(CC(=O)N2CCN(C(=O)c3cnn(-c4cccc(C(F)(F)F)c4)c3C)CC2)c1. The molecule has 2 amide bonds. The predicted octanol–water partition coefficient (Wildman–Crippen LogP) is 3.74. The van der Waals surface area contributed by atoms with Crippen LogP contribution in [0, 0.1) is 6.92 Å². The molecule has 4 rings (SSSR count). The number of halogens is 3. The molecule has 0 N–H and O–H groups in total. The molecule has 0 radical (unpaired) electrons. The Kier molecular flexibility index (Phi) is 6.81. The van der Waals surface area contributed by atoms with Crippen LogP contribution >= 0.6 is 0 Å². The summed E-state index contributed by atoms with van der Waals surface area (Å²) in [4.78, 5) is 29.2. The van der Waals surface area contributed by atoms with E-state index in [1.807, 2.05) is 24.3 Å². The minimum absolute atomic E-state index is 0.0288.